The second kappa shape index (κ2) is 7.51. The highest BCUT2D eigenvalue weighted by atomic mass is 16.2. The number of aryl methyl sites for hydroxylation is 1. The number of nitriles is 1. The van der Waals surface area contributed by atoms with Crippen LogP contribution in [0.25, 0.3) is 10.9 Å². The Morgan fingerprint density at radius 1 is 1.11 bits per heavy atom. The van der Waals surface area contributed by atoms with E-state index < -0.39 is 0 Å². The van der Waals surface area contributed by atoms with Gasteiger partial charge in [-0.25, -0.2) is 0 Å². The molecule has 0 atom stereocenters. The molecular formula is C22H24N4O2. The molecule has 28 heavy (non-hydrogen) atoms. The van der Waals surface area contributed by atoms with Crippen LogP contribution in [0.4, 0.5) is 5.69 Å². The van der Waals surface area contributed by atoms with Gasteiger partial charge in [0, 0.05) is 38.1 Å². The van der Waals surface area contributed by atoms with Gasteiger partial charge < -0.3 is 14.4 Å². The predicted octanol–water partition coefficient (Wildman–Crippen LogP) is 2.56. The van der Waals surface area contributed by atoms with Crippen LogP contribution >= 0.6 is 0 Å². The van der Waals surface area contributed by atoms with Crippen LogP contribution in [0.5, 0.6) is 0 Å². The minimum absolute atomic E-state index is 0.104. The summed E-state index contributed by atoms with van der Waals surface area (Å²) < 4.78 is 1.55. The van der Waals surface area contributed by atoms with Crippen LogP contribution in [0.15, 0.2) is 41.2 Å². The summed E-state index contributed by atoms with van der Waals surface area (Å²) in [4.78, 5) is 29.2. The van der Waals surface area contributed by atoms with Crippen LogP contribution < -0.4 is 10.5 Å². The zero-order valence-electron chi connectivity index (χ0n) is 16.1. The highest BCUT2D eigenvalue weighted by molar-refractivity contribution is 5.95. The van der Waals surface area contributed by atoms with Gasteiger partial charge in [0.1, 0.15) is 11.6 Å². The number of para-hydroxylation sites is 1. The molecular weight excluding hydrogens is 352 g/mol. The maximum Gasteiger partial charge on any atom is 0.270 e. The van der Waals surface area contributed by atoms with Gasteiger partial charge >= 0.3 is 0 Å². The number of piperidine rings is 1. The lowest BCUT2D eigenvalue weighted by Crippen LogP contribution is -2.47. The molecule has 1 aromatic heterocycles. The molecule has 1 fully saturated rings. The number of anilines is 1. The number of carbonyl (C=O) groups excluding carboxylic acids is 1. The molecule has 4 rings (SSSR count). The summed E-state index contributed by atoms with van der Waals surface area (Å²) >= 11 is 0. The van der Waals surface area contributed by atoms with Crippen molar-refractivity contribution in [3.05, 3.63) is 52.3 Å². The van der Waals surface area contributed by atoms with Crippen molar-refractivity contribution in [3.63, 3.8) is 0 Å². The molecule has 1 amide bonds. The van der Waals surface area contributed by atoms with Crippen LogP contribution in [0, 0.1) is 11.3 Å². The van der Waals surface area contributed by atoms with Gasteiger partial charge in [-0.2, -0.15) is 5.26 Å². The normalized spacial score (nSPS) is 18.4. The molecule has 2 aromatic rings. The minimum atomic E-state index is -0.258. The molecule has 6 nitrogen and oxygen atoms in total. The second-order valence-corrected chi connectivity index (χ2v) is 7.51. The van der Waals surface area contributed by atoms with E-state index in [2.05, 4.69) is 11.0 Å². The standard InChI is InChI=1S/C22H24N4O2/c1-24-19-8-5-4-7-17(19)21(18(15-23)22(24)28)25-13-10-16(11-14-25)26-12-6-2-3-9-20(26)27/h3-5,7-9,16H,2,6,10-14H2,1H3. The summed E-state index contributed by atoms with van der Waals surface area (Å²) in [5.74, 6) is 0.104. The Kier molecular flexibility index (Phi) is 4.91. The lowest BCUT2D eigenvalue weighted by molar-refractivity contribution is -0.128. The number of pyridine rings is 1. The number of hydrogen-bond donors (Lipinski definition) is 0. The van der Waals surface area contributed by atoms with E-state index in [4.69, 9.17) is 0 Å². The van der Waals surface area contributed by atoms with Crippen molar-refractivity contribution < 1.29 is 4.79 Å². The molecule has 0 aliphatic carbocycles. The average molecular weight is 376 g/mol. The maximum atomic E-state index is 12.7. The molecule has 0 saturated carbocycles. The molecule has 2 aliphatic rings. The molecule has 144 valence electrons. The van der Waals surface area contributed by atoms with E-state index in [-0.39, 0.29) is 23.1 Å². The topological polar surface area (TPSA) is 69.3 Å². The van der Waals surface area contributed by atoms with E-state index >= 15 is 0 Å². The zero-order chi connectivity index (χ0) is 19.7. The smallest absolute Gasteiger partial charge is 0.270 e. The monoisotopic (exact) mass is 376 g/mol. The fourth-order valence-corrected chi connectivity index (χ4v) is 4.44. The van der Waals surface area contributed by atoms with Crippen molar-refractivity contribution >= 4 is 22.5 Å². The Morgan fingerprint density at radius 2 is 1.86 bits per heavy atom. The summed E-state index contributed by atoms with van der Waals surface area (Å²) in [5.41, 5.74) is 1.51. The van der Waals surface area contributed by atoms with E-state index in [0.717, 1.165) is 61.9 Å². The third kappa shape index (κ3) is 3.07. The highest BCUT2D eigenvalue weighted by Crippen LogP contribution is 2.31. The molecule has 0 unspecified atom stereocenters. The van der Waals surface area contributed by atoms with Crippen LogP contribution in [-0.2, 0) is 11.8 Å². The van der Waals surface area contributed by atoms with Gasteiger partial charge in [-0.3, -0.25) is 9.59 Å². The van der Waals surface area contributed by atoms with Gasteiger partial charge in [0.25, 0.3) is 5.56 Å². The number of allylic oxidation sites excluding steroid dienone is 1. The number of aromatic nitrogens is 1. The highest BCUT2D eigenvalue weighted by Gasteiger charge is 2.29. The molecule has 1 aromatic carbocycles. The van der Waals surface area contributed by atoms with Crippen LogP contribution in [0.2, 0.25) is 0 Å². The van der Waals surface area contributed by atoms with E-state index in [1.807, 2.05) is 35.2 Å². The molecule has 6 heteroatoms. The SMILES string of the molecule is Cn1c(=O)c(C#N)c(N2CCC(N3CCCC=CC3=O)CC2)c2ccccc21. The first-order valence-electron chi connectivity index (χ1n) is 9.85. The van der Waals surface area contributed by atoms with Crippen LogP contribution in [0.1, 0.15) is 31.2 Å². The van der Waals surface area contributed by atoms with Gasteiger partial charge in [-0.05, 0) is 37.8 Å². The summed E-state index contributed by atoms with van der Waals surface area (Å²) in [6, 6.07) is 10.1. The Bertz CT molecular complexity index is 1040. The van der Waals surface area contributed by atoms with E-state index in [0.29, 0.717) is 0 Å². The summed E-state index contributed by atoms with van der Waals surface area (Å²) in [5, 5.41) is 10.6. The third-order valence-corrected chi connectivity index (χ3v) is 5.92. The van der Waals surface area contributed by atoms with Gasteiger partial charge in [0.15, 0.2) is 0 Å². The van der Waals surface area contributed by atoms with Crippen molar-refractivity contribution in [2.45, 2.75) is 31.7 Å². The Hall–Kier alpha value is -3.07. The number of benzene rings is 1. The maximum absolute atomic E-state index is 12.7. The van der Waals surface area contributed by atoms with E-state index in [1.54, 1.807) is 17.7 Å². The van der Waals surface area contributed by atoms with Crippen molar-refractivity contribution in [2.75, 3.05) is 24.5 Å². The molecule has 0 radical (unpaired) electrons. The van der Waals surface area contributed by atoms with E-state index in [9.17, 15) is 14.9 Å². The minimum Gasteiger partial charge on any atom is -0.370 e. The number of hydrogen-bond acceptors (Lipinski definition) is 4. The van der Waals surface area contributed by atoms with E-state index in [1.165, 1.54) is 0 Å². The summed E-state index contributed by atoms with van der Waals surface area (Å²) in [6.07, 6.45) is 7.29. The molecule has 0 N–H and O–H groups in total. The van der Waals surface area contributed by atoms with Crippen molar-refractivity contribution in [3.8, 4) is 6.07 Å². The molecule has 0 spiro atoms. The first-order valence-corrected chi connectivity index (χ1v) is 9.85. The quantitative estimate of drug-likeness (QED) is 0.808. The molecule has 3 heterocycles. The van der Waals surface area contributed by atoms with Crippen molar-refractivity contribution in [2.24, 2.45) is 7.05 Å². The Labute approximate surface area is 164 Å². The van der Waals surface area contributed by atoms with Gasteiger partial charge in [0.05, 0.1) is 11.2 Å². The van der Waals surface area contributed by atoms with Crippen LogP contribution in [0.3, 0.4) is 0 Å². The predicted molar refractivity (Wildman–Crippen MR) is 109 cm³/mol. The summed E-state index contributed by atoms with van der Waals surface area (Å²) in [6.45, 7) is 2.25. The van der Waals surface area contributed by atoms with Gasteiger partial charge in [-0.1, -0.05) is 24.3 Å². The zero-order valence-corrected chi connectivity index (χ0v) is 16.1. The number of nitrogens with zero attached hydrogens (tertiary/aromatic N) is 4. The Balaban J connectivity index is 1.65. The lowest BCUT2D eigenvalue weighted by atomic mass is 9.99. The molecule has 2 aliphatic heterocycles. The van der Waals surface area contributed by atoms with Gasteiger partial charge in [0.2, 0.25) is 5.91 Å². The summed E-state index contributed by atoms with van der Waals surface area (Å²) in [7, 11) is 1.71. The number of fused-ring (bicyclic) bond motifs is 1. The first kappa shape index (κ1) is 18.3. The van der Waals surface area contributed by atoms with Gasteiger partial charge in [-0.15, -0.1) is 0 Å². The fraction of sp³-hybridized carbons (Fsp3) is 0.409. The van der Waals surface area contributed by atoms with Crippen LogP contribution in [-0.4, -0.2) is 41.1 Å². The average Bonchev–Trinajstić information content (AvgIpc) is 2.95. The second-order valence-electron chi connectivity index (χ2n) is 7.51. The fourth-order valence-electron chi connectivity index (χ4n) is 4.44. The molecule has 0 bridgehead atoms. The lowest BCUT2D eigenvalue weighted by Gasteiger charge is -2.39. The first-order chi connectivity index (χ1) is 13.6. The van der Waals surface area contributed by atoms with Crippen molar-refractivity contribution in [1.29, 1.82) is 5.26 Å². The number of amides is 1. The largest absolute Gasteiger partial charge is 0.370 e. The van der Waals surface area contributed by atoms with Crippen molar-refractivity contribution in [1.82, 2.24) is 9.47 Å². The number of carbonyl (C=O) groups is 1. The number of rotatable bonds is 2. The molecule has 1 saturated heterocycles. The third-order valence-electron chi connectivity index (χ3n) is 5.92. The Morgan fingerprint density at radius 3 is 2.61 bits per heavy atom.